The number of hydrogen-bond donors (Lipinski definition) is 1. The van der Waals surface area contributed by atoms with Crippen LogP contribution in [0.15, 0.2) is 41.3 Å². The summed E-state index contributed by atoms with van der Waals surface area (Å²) in [6.45, 7) is 0. The maximum Gasteiger partial charge on any atom is 0.339 e. The van der Waals surface area contributed by atoms with Crippen LogP contribution in [0, 0.1) is 0 Å². The largest absolute Gasteiger partial charge is 0.493 e. The maximum atomic E-state index is 12.7. The van der Waals surface area contributed by atoms with E-state index in [0.29, 0.717) is 23.7 Å². The molecule has 8 nitrogen and oxygen atoms in total. The van der Waals surface area contributed by atoms with Crippen molar-refractivity contribution in [2.45, 2.75) is 17.7 Å². The van der Waals surface area contributed by atoms with Crippen molar-refractivity contribution in [1.82, 2.24) is 0 Å². The third-order valence-electron chi connectivity index (χ3n) is 3.79. The summed E-state index contributed by atoms with van der Waals surface area (Å²) in [5, 5.41) is 2.63. The summed E-state index contributed by atoms with van der Waals surface area (Å²) < 4.78 is 46.2. The topological polar surface area (TPSA) is 100 Å². The highest BCUT2D eigenvalue weighted by atomic mass is 35.5. The van der Waals surface area contributed by atoms with Crippen LogP contribution < -0.4 is 23.7 Å². The predicted molar refractivity (Wildman–Crippen MR) is 109 cm³/mol. The van der Waals surface area contributed by atoms with E-state index in [4.69, 9.17) is 30.0 Å². The molecule has 0 aliphatic heterocycles. The van der Waals surface area contributed by atoms with Gasteiger partial charge in [0.15, 0.2) is 17.2 Å². The zero-order valence-electron chi connectivity index (χ0n) is 16.2. The van der Waals surface area contributed by atoms with Crippen LogP contribution in [0.2, 0.25) is 0 Å². The van der Waals surface area contributed by atoms with E-state index in [0.717, 1.165) is 0 Å². The van der Waals surface area contributed by atoms with Crippen molar-refractivity contribution in [2.75, 3.05) is 32.5 Å². The van der Waals surface area contributed by atoms with E-state index >= 15 is 0 Å². The Labute approximate surface area is 174 Å². The number of methoxy groups -OCH3 is 3. The molecule has 0 heterocycles. The quantitative estimate of drug-likeness (QED) is 0.443. The van der Waals surface area contributed by atoms with Gasteiger partial charge in [0.1, 0.15) is 4.90 Å². The molecule has 0 fully saturated rings. The molecule has 0 bridgehead atoms. The van der Waals surface area contributed by atoms with E-state index in [1.807, 2.05) is 0 Å². The second-order valence-corrected chi connectivity index (χ2v) is 7.69. The van der Waals surface area contributed by atoms with E-state index in [-0.39, 0.29) is 34.5 Å². The van der Waals surface area contributed by atoms with Crippen molar-refractivity contribution in [2.24, 2.45) is 0 Å². The summed E-state index contributed by atoms with van der Waals surface area (Å²) in [5.41, 5.74) is 0.333. The molecule has 0 spiro atoms. The predicted octanol–water partition coefficient (Wildman–Crippen LogP) is 3.44. The Hall–Kier alpha value is -2.65. The van der Waals surface area contributed by atoms with E-state index in [9.17, 15) is 13.2 Å². The molecule has 0 saturated heterocycles. The lowest BCUT2D eigenvalue weighted by molar-refractivity contribution is -0.116. The highest BCUT2D eigenvalue weighted by Crippen LogP contribution is 2.41. The molecular formula is C19H22ClNO7S. The van der Waals surface area contributed by atoms with Crippen LogP contribution >= 0.6 is 11.6 Å². The number of nitrogens with one attached hydrogen (secondary N) is 1. The molecular weight excluding hydrogens is 422 g/mol. The highest BCUT2D eigenvalue weighted by molar-refractivity contribution is 7.87. The van der Waals surface area contributed by atoms with Crippen LogP contribution in [-0.2, 0) is 14.9 Å². The van der Waals surface area contributed by atoms with Gasteiger partial charge in [-0.25, -0.2) is 0 Å². The molecule has 2 rings (SSSR count). The van der Waals surface area contributed by atoms with Gasteiger partial charge in [0.05, 0.1) is 21.3 Å². The molecule has 0 aliphatic carbocycles. The van der Waals surface area contributed by atoms with Crippen LogP contribution in [0.4, 0.5) is 5.69 Å². The number of ether oxygens (including phenoxy) is 3. The number of carbonyl (C=O) groups is 1. The Bertz CT molecular complexity index is 938. The van der Waals surface area contributed by atoms with Crippen molar-refractivity contribution in [3.8, 4) is 23.0 Å². The van der Waals surface area contributed by atoms with Crippen molar-refractivity contribution < 1.29 is 31.6 Å². The number of benzene rings is 2. The van der Waals surface area contributed by atoms with Gasteiger partial charge in [0.25, 0.3) is 0 Å². The number of anilines is 1. The van der Waals surface area contributed by atoms with E-state index in [2.05, 4.69) is 5.32 Å². The third kappa shape index (κ3) is 5.91. The van der Waals surface area contributed by atoms with Gasteiger partial charge in [-0.05, 0) is 24.6 Å². The van der Waals surface area contributed by atoms with E-state index < -0.39 is 10.1 Å². The summed E-state index contributed by atoms with van der Waals surface area (Å²) in [7, 11) is 0.0700. The molecule has 0 unspecified atom stereocenters. The summed E-state index contributed by atoms with van der Waals surface area (Å²) in [6, 6.07) is 8.50. The summed E-state index contributed by atoms with van der Waals surface area (Å²) in [6.07, 6.45) is 0.762. The lowest BCUT2D eigenvalue weighted by atomic mass is 10.2. The lowest BCUT2D eigenvalue weighted by Crippen LogP contribution is -2.13. The molecule has 0 atom stereocenters. The second-order valence-electron chi connectivity index (χ2n) is 5.77. The van der Waals surface area contributed by atoms with Crippen LogP contribution in [0.3, 0.4) is 0 Å². The Morgan fingerprint density at radius 3 is 2.24 bits per heavy atom. The molecule has 1 N–H and O–H groups in total. The van der Waals surface area contributed by atoms with Gasteiger partial charge in [0.2, 0.25) is 11.7 Å². The summed E-state index contributed by atoms with van der Waals surface area (Å²) in [4.78, 5) is 11.7. The van der Waals surface area contributed by atoms with Crippen molar-refractivity contribution in [1.29, 1.82) is 0 Å². The van der Waals surface area contributed by atoms with Crippen LogP contribution in [0.1, 0.15) is 12.8 Å². The van der Waals surface area contributed by atoms with Gasteiger partial charge < -0.3 is 23.7 Å². The maximum absolute atomic E-state index is 12.7. The Morgan fingerprint density at radius 2 is 1.69 bits per heavy atom. The van der Waals surface area contributed by atoms with Crippen molar-refractivity contribution >= 4 is 33.3 Å². The number of halogens is 1. The van der Waals surface area contributed by atoms with Crippen LogP contribution in [0.25, 0.3) is 0 Å². The van der Waals surface area contributed by atoms with Crippen LogP contribution in [0.5, 0.6) is 23.0 Å². The van der Waals surface area contributed by atoms with Gasteiger partial charge in [-0.3, -0.25) is 4.79 Å². The standard InChI is InChI=1S/C19H22ClNO7S/c1-25-16-11-14(12-17(26-2)19(16)27-3)28-29(23,24)15-7-4-6-13(10-15)21-18(22)8-5-9-20/h4,6-7,10-12H,5,8-9H2,1-3H3,(H,21,22). The average molecular weight is 444 g/mol. The van der Waals surface area contributed by atoms with Crippen LogP contribution in [-0.4, -0.2) is 41.5 Å². The number of rotatable bonds is 10. The number of alkyl halides is 1. The molecule has 0 aromatic heterocycles. The molecule has 2 aromatic rings. The number of carbonyl (C=O) groups excluding carboxylic acids is 1. The zero-order chi connectivity index (χ0) is 21.4. The normalized spacial score (nSPS) is 10.9. The van der Waals surface area contributed by atoms with Gasteiger partial charge in [0, 0.05) is 30.1 Å². The minimum atomic E-state index is -4.18. The first-order valence-electron chi connectivity index (χ1n) is 8.55. The molecule has 0 radical (unpaired) electrons. The minimum Gasteiger partial charge on any atom is -0.493 e. The lowest BCUT2D eigenvalue weighted by Gasteiger charge is -2.15. The minimum absolute atomic E-state index is 0.0175. The van der Waals surface area contributed by atoms with E-state index in [1.54, 1.807) is 6.07 Å². The molecule has 10 heteroatoms. The Kier molecular flexibility index (Phi) is 7.98. The first kappa shape index (κ1) is 22.6. The summed E-state index contributed by atoms with van der Waals surface area (Å²) in [5.74, 6) is 0.891. The zero-order valence-corrected chi connectivity index (χ0v) is 17.8. The molecule has 29 heavy (non-hydrogen) atoms. The third-order valence-corrected chi connectivity index (χ3v) is 5.30. The van der Waals surface area contributed by atoms with Gasteiger partial charge in [-0.2, -0.15) is 8.42 Å². The first-order valence-corrected chi connectivity index (χ1v) is 10.5. The van der Waals surface area contributed by atoms with Gasteiger partial charge >= 0.3 is 10.1 Å². The highest BCUT2D eigenvalue weighted by Gasteiger charge is 2.21. The monoisotopic (exact) mass is 443 g/mol. The summed E-state index contributed by atoms with van der Waals surface area (Å²) >= 11 is 5.57. The molecule has 158 valence electrons. The molecule has 0 aliphatic rings. The van der Waals surface area contributed by atoms with Gasteiger partial charge in [-0.1, -0.05) is 6.07 Å². The first-order chi connectivity index (χ1) is 13.8. The molecule has 0 saturated carbocycles. The fourth-order valence-corrected chi connectivity index (χ4v) is 3.56. The average Bonchev–Trinajstić information content (AvgIpc) is 2.71. The number of amides is 1. The number of hydrogen-bond acceptors (Lipinski definition) is 7. The Balaban J connectivity index is 2.28. The van der Waals surface area contributed by atoms with Crippen molar-refractivity contribution in [3.63, 3.8) is 0 Å². The second kappa shape index (κ2) is 10.2. The fourth-order valence-electron chi connectivity index (χ4n) is 2.46. The molecule has 1 amide bonds. The fraction of sp³-hybridized carbons (Fsp3) is 0.316. The molecule has 2 aromatic carbocycles. The van der Waals surface area contributed by atoms with Crippen molar-refractivity contribution in [3.05, 3.63) is 36.4 Å². The van der Waals surface area contributed by atoms with Gasteiger partial charge in [-0.15, -0.1) is 11.6 Å². The Morgan fingerprint density at radius 1 is 1.03 bits per heavy atom. The SMILES string of the molecule is COc1cc(OS(=O)(=O)c2cccc(NC(=O)CCCCl)c2)cc(OC)c1OC. The van der Waals surface area contributed by atoms with E-state index in [1.165, 1.54) is 51.7 Å². The smallest absolute Gasteiger partial charge is 0.339 e.